The number of H-pyrrole nitrogens is 1. The highest BCUT2D eigenvalue weighted by atomic mass is 16.5. The number of benzene rings is 1. The molecule has 1 aliphatic rings. The maximum Gasteiger partial charge on any atom is 0.344 e. The molecule has 2 aromatic rings. The molecular formula is C16H20N4O3. The van der Waals surface area contributed by atoms with Gasteiger partial charge in [0, 0.05) is 18.5 Å². The molecule has 3 rings (SSSR count). The van der Waals surface area contributed by atoms with Gasteiger partial charge in [0.25, 0.3) is 0 Å². The number of ether oxygens (including phenoxy) is 1. The minimum absolute atomic E-state index is 0.164. The number of nitrogens with one attached hydrogen (secondary N) is 2. The van der Waals surface area contributed by atoms with Gasteiger partial charge in [0.1, 0.15) is 17.6 Å². The van der Waals surface area contributed by atoms with Gasteiger partial charge >= 0.3 is 5.69 Å². The van der Waals surface area contributed by atoms with Gasteiger partial charge in [-0.15, -0.1) is 0 Å². The Kier molecular flexibility index (Phi) is 4.45. The third-order valence-electron chi connectivity index (χ3n) is 4.17. The fourth-order valence-corrected chi connectivity index (χ4v) is 2.98. The molecule has 7 heteroatoms. The molecule has 0 radical (unpaired) electrons. The average Bonchev–Trinajstić information content (AvgIpc) is 2.81. The van der Waals surface area contributed by atoms with Gasteiger partial charge in [0.05, 0.1) is 7.11 Å². The van der Waals surface area contributed by atoms with Gasteiger partial charge in [0.15, 0.2) is 0 Å². The number of aryl methyl sites for hydroxylation is 1. The zero-order chi connectivity index (χ0) is 16.2. The van der Waals surface area contributed by atoms with Crippen molar-refractivity contribution >= 4 is 5.91 Å². The molecule has 122 valence electrons. The van der Waals surface area contributed by atoms with E-state index in [0.717, 1.165) is 30.6 Å². The topological polar surface area (TPSA) is 89.0 Å². The molecule has 1 aromatic carbocycles. The van der Waals surface area contributed by atoms with Gasteiger partial charge in [-0.05, 0) is 18.9 Å². The minimum Gasteiger partial charge on any atom is -0.496 e. The van der Waals surface area contributed by atoms with Crippen molar-refractivity contribution in [3.05, 3.63) is 46.1 Å². The third kappa shape index (κ3) is 3.13. The van der Waals surface area contributed by atoms with E-state index in [2.05, 4.69) is 15.5 Å². The second-order valence-electron chi connectivity index (χ2n) is 5.61. The van der Waals surface area contributed by atoms with Gasteiger partial charge in [-0.2, -0.15) is 5.10 Å². The molecule has 1 aliphatic heterocycles. The predicted molar refractivity (Wildman–Crippen MR) is 84.3 cm³/mol. The molecule has 1 atom stereocenters. The Morgan fingerprint density at radius 3 is 3.09 bits per heavy atom. The second-order valence-corrected chi connectivity index (χ2v) is 5.61. The van der Waals surface area contributed by atoms with Crippen molar-refractivity contribution in [1.82, 2.24) is 20.1 Å². The lowest BCUT2D eigenvalue weighted by Gasteiger charge is -2.17. The van der Waals surface area contributed by atoms with Crippen LogP contribution in [0.4, 0.5) is 0 Å². The van der Waals surface area contributed by atoms with Crippen LogP contribution in [0.1, 0.15) is 36.7 Å². The largest absolute Gasteiger partial charge is 0.496 e. The Morgan fingerprint density at radius 1 is 1.43 bits per heavy atom. The predicted octanol–water partition coefficient (Wildman–Crippen LogP) is 1.16. The zero-order valence-corrected chi connectivity index (χ0v) is 13.0. The quantitative estimate of drug-likeness (QED) is 0.886. The average molecular weight is 316 g/mol. The monoisotopic (exact) mass is 316 g/mol. The van der Waals surface area contributed by atoms with E-state index in [4.69, 9.17) is 4.74 Å². The van der Waals surface area contributed by atoms with E-state index in [1.54, 1.807) is 7.11 Å². The molecule has 23 heavy (non-hydrogen) atoms. The smallest absolute Gasteiger partial charge is 0.344 e. The molecular weight excluding hydrogens is 296 g/mol. The van der Waals surface area contributed by atoms with E-state index < -0.39 is 6.04 Å². The fourth-order valence-electron chi connectivity index (χ4n) is 2.98. The highest BCUT2D eigenvalue weighted by Gasteiger charge is 2.27. The first-order valence-electron chi connectivity index (χ1n) is 7.76. The molecule has 0 bridgehead atoms. The SMILES string of the molecule is COc1ccccc1CNC(=O)C1CCCCc2n[nH]c(=O)n21. The molecule has 0 spiro atoms. The number of hydrogen-bond donors (Lipinski definition) is 2. The number of carbonyl (C=O) groups excluding carboxylic acids is 1. The van der Waals surface area contributed by atoms with Crippen molar-refractivity contribution in [2.75, 3.05) is 7.11 Å². The summed E-state index contributed by atoms with van der Waals surface area (Å²) in [7, 11) is 1.60. The summed E-state index contributed by atoms with van der Waals surface area (Å²) in [6, 6.07) is 7.03. The van der Waals surface area contributed by atoms with Gasteiger partial charge in [-0.1, -0.05) is 24.6 Å². The normalized spacial score (nSPS) is 17.2. The van der Waals surface area contributed by atoms with Crippen LogP contribution in [0.15, 0.2) is 29.1 Å². The molecule has 1 unspecified atom stereocenters. The first-order chi connectivity index (χ1) is 11.2. The number of para-hydroxylation sites is 1. The van der Waals surface area contributed by atoms with Crippen LogP contribution in [0.2, 0.25) is 0 Å². The number of fused-ring (bicyclic) bond motifs is 1. The molecule has 0 aliphatic carbocycles. The van der Waals surface area contributed by atoms with E-state index in [9.17, 15) is 9.59 Å². The molecule has 2 N–H and O–H groups in total. The number of amides is 1. The number of methoxy groups -OCH3 is 1. The Morgan fingerprint density at radius 2 is 2.26 bits per heavy atom. The summed E-state index contributed by atoms with van der Waals surface area (Å²) in [5, 5.41) is 9.37. The van der Waals surface area contributed by atoms with Gasteiger partial charge in [-0.3, -0.25) is 9.36 Å². The summed E-state index contributed by atoms with van der Waals surface area (Å²) >= 11 is 0. The number of hydrogen-bond acceptors (Lipinski definition) is 4. The number of aromatic nitrogens is 3. The summed E-state index contributed by atoms with van der Waals surface area (Å²) in [4.78, 5) is 24.5. The van der Waals surface area contributed by atoms with Crippen LogP contribution >= 0.6 is 0 Å². The Hall–Kier alpha value is -2.57. The van der Waals surface area contributed by atoms with Crippen molar-refractivity contribution < 1.29 is 9.53 Å². The van der Waals surface area contributed by atoms with E-state index in [0.29, 0.717) is 18.8 Å². The second kappa shape index (κ2) is 6.68. The minimum atomic E-state index is -0.506. The number of nitrogens with zero attached hydrogens (tertiary/aromatic N) is 2. The van der Waals surface area contributed by atoms with Crippen LogP contribution in [0, 0.1) is 0 Å². The van der Waals surface area contributed by atoms with E-state index in [1.807, 2.05) is 24.3 Å². The highest BCUT2D eigenvalue weighted by Crippen LogP contribution is 2.22. The summed E-state index contributed by atoms with van der Waals surface area (Å²) in [6.45, 7) is 0.362. The van der Waals surface area contributed by atoms with Gasteiger partial charge in [0.2, 0.25) is 5.91 Å². The van der Waals surface area contributed by atoms with Crippen molar-refractivity contribution in [1.29, 1.82) is 0 Å². The summed E-state index contributed by atoms with van der Waals surface area (Å²) in [5.41, 5.74) is 0.580. The lowest BCUT2D eigenvalue weighted by molar-refractivity contribution is -0.124. The van der Waals surface area contributed by atoms with Crippen molar-refractivity contribution in [2.24, 2.45) is 0 Å². The van der Waals surface area contributed by atoms with Crippen molar-refractivity contribution in [2.45, 2.75) is 38.3 Å². The van der Waals surface area contributed by atoms with Crippen molar-refractivity contribution in [3.8, 4) is 5.75 Å². The molecule has 0 fully saturated rings. The highest BCUT2D eigenvalue weighted by molar-refractivity contribution is 5.80. The molecule has 1 aromatic heterocycles. The molecule has 7 nitrogen and oxygen atoms in total. The number of carbonyl (C=O) groups is 1. The van der Waals surface area contributed by atoms with Gasteiger partial charge < -0.3 is 10.1 Å². The maximum atomic E-state index is 12.6. The fraction of sp³-hybridized carbons (Fsp3) is 0.438. The van der Waals surface area contributed by atoms with Crippen LogP contribution < -0.4 is 15.7 Å². The molecule has 1 amide bonds. The first kappa shape index (κ1) is 15.3. The zero-order valence-electron chi connectivity index (χ0n) is 13.0. The summed E-state index contributed by atoms with van der Waals surface area (Å²) in [5.74, 6) is 1.22. The van der Waals surface area contributed by atoms with Crippen LogP contribution in [0.3, 0.4) is 0 Å². The Balaban J connectivity index is 1.76. The standard InChI is InChI=1S/C16H20N4O3/c1-23-13-8-4-2-6-11(13)10-17-15(21)12-7-3-5-9-14-18-19-16(22)20(12)14/h2,4,6,8,12H,3,5,7,9-10H2,1H3,(H,17,21)(H,19,22). The third-order valence-corrected chi connectivity index (χ3v) is 4.17. The van der Waals surface area contributed by atoms with Crippen LogP contribution in [0.5, 0.6) is 5.75 Å². The molecule has 2 heterocycles. The lowest BCUT2D eigenvalue weighted by atomic mass is 10.1. The van der Waals surface area contributed by atoms with E-state index in [-0.39, 0.29) is 11.6 Å². The van der Waals surface area contributed by atoms with Crippen LogP contribution in [-0.4, -0.2) is 27.8 Å². The van der Waals surface area contributed by atoms with E-state index in [1.165, 1.54) is 4.57 Å². The number of rotatable bonds is 4. The van der Waals surface area contributed by atoms with Crippen molar-refractivity contribution in [3.63, 3.8) is 0 Å². The first-order valence-corrected chi connectivity index (χ1v) is 7.76. The lowest BCUT2D eigenvalue weighted by Crippen LogP contribution is -2.36. The van der Waals surface area contributed by atoms with E-state index >= 15 is 0 Å². The van der Waals surface area contributed by atoms with Crippen LogP contribution in [0.25, 0.3) is 0 Å². The van der Waals surface area contributed by atoms with Crippen LogP contribution in [-0.2, 0) is 17.8 Å². The summed E-state index contributed by atoms with van der Waals surface area (Å²) in [6.07, 6.45) is 3.19. The molecule has 0 saturated heterocycles. The Labute approximate surface area is 133 Å². The Bertz CT molecular complexity index is 750. The summed E-state index contributed by atoms with van der Waals surface area (Å²) < 4.78 is 6.78. The number of aromatic amines is 1. The maximum absolute atomic E-state index is 12.6. The molecule has 0 saturated carbocycles. The van der Waals surface area contributed by atoms with Gasteiger partial charge in [-0.25, -0.2) is 9.89 Å².